The van der Waals surface area contributed by atoms with Crippen molar-refractivity contribution in [1.82, 2.24) is 10.2 Å². The number of aliphatic hydroxyl groups excluding tert-OH is 1. The van der Waals surface area contributed by atoms with E-state index in [0.717, 1.165) is 12.8 Å². The maximum absolute atomic E-state index is 11.7. The molecule has 100 valence electrons. The first-order chi connectivity index (χ1) is 8.01. The molecule has 0 spiro atoms. The molecular formula is C11H22N2O4. The first kappa shape index (κ1) is 15.7. The van der Waals surface area contributed by atoms with Crippen LogP contribution in [-0.2, 0) is 4.79 Å². The lowest BCUT2D eigenvalue weighted by Crippen LogP contribution is -2.45. The molecular weight excluding hydrogens is 224 g/mol. The van der Waals surface area contributed by atoms with E-state index in [0.29, 0.717) is 6.54 Å². The Morgan fingerprint density at radius 2 is 2.00 bits per heavy atom. The van der Waals surface area contributed by atoms with E-state index in [1.54, 1.807) is 6.92 Å². The molecule has 0 radical (unpaired) electrons. The number of aliphatic hydroxyl groups is 1. The van der Waals surface area contributed by atoms with Gasteiger partial charge >= 0.3 is 12.0 Å². The number of hydrogen-bond acceptors (Lipinski definition) is 3. The van der Waals surface area contributed by atoms with Crippen LogP contribution < -0.4 is 5.32 Å². The third-order valence-electron chi connectivity index (χ3n) is 2.29. The largest absolute Gasteiger partial charge is 0.481 e. The van der Waals surface area contributed by atoms with Crippen LogP contribution in [0, 0.1) is 0 Å². The summed E-state index contributed by atoms with van der Waals surface area (Å²) in [6, 6.07) is -0.732. The molecule has 0 aromatic carbocycles. The van der Waals surface area contributed by atoms with Crippen LogP contribution >= 0.6 is 0 Å². The Morgan fingerprint density at radius 3 is 2.47 bits per heavy atom. The van der Waals surface area contributed by atoms with Gasteiger partial charge in [0.1, 0.15) is 0 Å². The topological polar surface area (TPSA) is 89.9 Å². The predicted molar refractivity (Wildman–Crippen MR) is 63.8 cm³/mol. The van der Waals surface area contributed by atoms with Gasteiger partial charge in [0.15, 0.2) is 0 Å². The van der Waals surface area contributed by atoms with Crippen molar-refractivity contribution in [2.45, 2.75) is 39.2 Å². The van der Waals surface area contributed by atoms with Crippen molar-refractivity contribution in [3.63, 3.8) is 0 Å². The molecule has 0 saturated carbocycles. The van der Waals surface area contributed by atoms with Gasteiger partial charge in [-0.1, -0.05) is 13.3 Å². The maximum Gasteiger partial charge on any atom is 0.317 e. The van der Waals surface area contributed by atoms with E-state index in [2.05, 4.69) is 5.32 Å². The highest BCUT2D eigenvalue weighted by molar-refractivity contribution is 5.75. The summed E-state index contributed by atoms with van der Waals surface area (Å²) >= 11 is 0. The van der Waals surface area contributed by atoms with E-state index in [9.17, 15) is 9.59 Å². The van der Waals surface area contributed by atoms with Crippen LogP contribution in [0.3, 0.4) is 0 Å². The van der Waals surface area contributed by atoms with E-state index in [4.69, 9.17) is 10.2 Å². The van der Waals surface area contributed by atoms with Gasteiger partial charge in [0.2, 0.25) is 0 Å². The summed E-state index contributed by atoms with van der Waals surface area (Å²) in [5.74, 6) is -0.944. The molecule has 1 unspecified atom stereocenters. The predicted octanol–water partition coefficient (Wildman–Crippen LogP) is 0.654. The quantitative estimate of drug-likeness (QED) is 0.586. The van der Waals surface area contributed by atoms with Crippen LogP contribution in [0.5, 0.6) is 0 Å². The summed E-state index contributed by atoms with van der Waals surface area (Å²) in [4.78, 5) is 23.7. The molecule has 0 aliphatic heterocycles. The Kier molecular flexibility index (Phi) is 8.13. The van der Waals surface area contributed by atoms with Crippen LogP contribution in [0.15, 0.2) is 0 Å². The molecule has 0 saturated heterocycles. The number of aliphatic carboxylic acids is 1. The van der Waals surface area contributed by atoms with Gasteiger partial charge in [-0.2, -0.15) is 0 Å². The zero-order valence-electron chi connectivity index (χ0n) is 10.5. The van der Waals surface area contributed by atoms with Crippen LogP contribution in [-0.4, -0.2) is 52.9 Å². The fraction of sp³-hybridized carbons (Fsp3) is 0.818. The molecule has 0 fully saturated rings. The highest BCUT2D eigenvalue weighted by atomic mass is 16.4. The summed E-state index contributed by atoms with van der Waals surface area (Å²) in [7, 11) is 0. The number of nitrogens with zero attached hydrogens (tertiary/aromatic N) is 1. The second-order valence-electron chi connectivity index (χ2n) is 4.01. The molecule has 6 nitrogen and oxygen atoms in total. The molecule has 0 aromatic rings. The fourth-order valence-electron chi connectivity index (χ4n) is 1.40. The summed E-state index contributed by atoms with van der Waals surface area (Å²) in [6.07, 6.45) is 1.72. The van der Waals surface area contributed by atoms with Crippen molar-refractivity contribution in [3.05, 3.63) is 0 Å². The van der Waals surface area contributed by atoms with Crippen molar-refractivity contribution < 1.29 is 19.8 Å². The van der Waals surface area contributed by atoms with E-state index in [-0.39, 0.29) is 25.6 Å². The number of carbonyl (C=O) groups excluding carboxylic acids is 1. The van der Waals surface area contributed by atoms with Crippen molar-refractivity contribution in [1.29, 1.82) is 0 Å². The number of carboxylic acids is 1. The lowest BCUT2D eigenvalue weighted by atomic mass is 10.2. The summed E-state index contributed by atoms with van der Waals surface area (Å²) in [5.41, 5.74) is 0. The first-order valence-electron chi connectivity index (χ1n) is 5.89. The Bertz CT molecular complexity index is 246. The molecule has 0 aliphatic carbocycles. The smallest absolute Gasteiger partial charge is 0.317 e. The third kappa shape index (κ3) is 7.57. The first-order valence-corrected chi connectivity index (χ1v) is 5.89. The summed E-state index contributed by atoms with van der Waals surface area (Å²) in [5, 5.41) is 20.0. The molecule has 2 amide bonds. The van der Waals surface area contributed by atoms with E-state index < -0.39 is 12.0 Å². The van der Waals surface area contributed by atoms with Crippen molar-refractivity contribution in [3.8, 4) is 0 Å². The standard InChI is InChI=1S/C11H22N2O4/c1-3-4-5-13(6-7-14)11(17)12-9(2)8-10(15)16/h9,14H,3-8H2,1-2H3,(H,12,17)(H,15,16). The molecule has 3 N–H and O–H groups in total. The molecule has 0 heterocycles. The van der Waals surface area contributed by atoms with E-state index >= 15 is 0 Å². The SMILES string of the molecule is CCCCN(CCO)C(=O)NC(C)CC(=O)O. The molecule has 17 heavy (non-hydrogen) atoms. The second kappa shape index (κ2) is 8.81. The van der Waals surface area contributed by atoms with Gasteiger partial charge in [-0.25, -0.2) is 4.79 Å². The zero-order chi connectivity index (χ0) is 13.3. The van der Waals surface area contributed by atoms with Gasteiger partial charge in [0.25, 0.3) is 0 Å². The number of hydrogen-bond donors (Lipinski definition) is 3. The van der Waals surface area contributed by atoms with E-state index in [1.807, 2.05) is 6.92 Å². The van der Waals surface area contributed by atoms with Crippen molar-refractivity contribution in [2.75, 3.05) is 19.7 Å². The lowest BCUT2D eigenvalue weighted by molar-refractivity contribution is -0.137. The Hall–Kier alpha value is -1.30. The number of rotatable bonds is 8. The van der Waals surface area contributed by atoms with Crippen molar-refractivity contribution in [2.24, 2.45) is 0 Å². The molecule has 0 aromatic heterocycles. The lowest BCUT2D eigenvalue weighted by Gasteiger charge is -2.24. The fourth-order valence-corrected chi connectivity index (χ4v) is 1.40. The van der Waals surface area contributed by atoms with Crippen LogP contribution in [0.1, 0.15) is 33.1 Å². The van der Waals surface area contributed by atoms with Gasteiger partial charge < -0.3 is 20.4 Å². The van der Waals surface area contributed by atoms with Gasteiger partial charge in [-0.05, 0) is 13.3 Å². The normalized spacial score (nSPS) is 11.9. The minimum atomic E-state index is -0.944. The second-order valence-corrected chi connectivity index (χ2v) is 4.01. The highest BCUT2D eigenvalue weighted by Crippen LogP contribution is 1.98. The monoisotopic (exact) mass is 246 g/mol. The average molecular weight is 246 g/mol. The molecule has 0 aliphatic rings. The van der Waals surface area contributed by atoms with Crippen LogP contribution in [0.4, 0.5) is 4.79 Å². The summed E-state index contributed by atoms with van der Waals surface area (Å²) < 4.78 is 0. The minimum Gasteiger partial charge on any atom is -0.481 e. The minimum absolute atomic E-state index is 0.0928. The number of nitrogens with one attached hydrogen (secondary N) is 1. The van der Waals surface area contributed by atoms with Gasteiger partial charge in [-0.3, -0.25) is 4.79 Å². The Labute approximate surface area is 102 Å². The van der Waals surface area contributed by atoms with Gasteiger partial charge in [0.05, 0.1) is 13.0 Å². The summed E-state index contributed by atoms with van der Waals surface area (Å²) in [6.45, 7) is 4.41. The van der Waals surface area contributed by atoms with Crippen molar-refractivity contribution >= 4 is 12.0 Å². The van der Waals surface area contributed by atoms with Crippen LogP contribution in [0.25, 0.3) is 0 Å². The number of unbranched alkanes of at least 4 members (excludes halogenated alkanes) is 1. The average Bonchev–Trinajstić information content (AvgIpc) is 2.22. The Balaban J connectivity index is 4.15. The highest BCUT2D eigenvalue weighted by Gasteiger charge is 2.16. The van der Waals surface area contributed by atoms with Gasteiger partial charge in [0, 0.05) is 19.1 Å². The van der Waals surface area contributed by atoms with Crippen LogP contribution in [0.2, 0.25) is 0 Å². The number of amides is 2. The Morgan fingerprint density at radius 1 is 1.35 bits per heavy atom. The molecule has 1 atom stereocenters. The molecule has 0 rings (SSSR count). The van der Waals surface area contributed by atoms with E-state index in [1.165, 1.54) is 4.90 Å². The number of carboxylic acid groups (broad SMARTS) is 1. The maximum atomic E-state index is 11.7. The van der Waals surface area contributed by atoms with Gasteiger partial charge in [-0.15, -0.1) is 0 Å². The third-order valence-corrected chi connectivity index (χ3v) is 2.29. The molecule has 0 bridgehead atoms. The molecule has 6 heteroatoms. The zero-order valence-corrected chi connectivity index (χ0v) is 10.5. The number of carbonyl (C=O) groups is 2. The number of urea groups is 1.